The van der Waals surface area contributed by atoms with Crippen LogP contribution in [-0.2, 0) is 11.3 Å². The Bertz CT molecular complexity index is 715. The number of hydrogen-bond acceptors (Lipinski definition) is 6. The maximum atomic E-state index is 5.90. The van der Waals surface area contributed by atoms with Crippen molar-refractivity contribution in [2.24, 2.45) is 4.99 Å². The maximum absolute atomic E-state index is 5.90. The third-order valence-corrected chi connectivity index (χ3v) is 5.88. The van der Waals surface area contributed by atoms with Crippen molar-refractivity contribution in [3.8, 4) is 5.75 Å². The Balaban J connectivity index is 0.00000420. The van der Waals surface area contributed by atoms with Crippen molar-refractivity contribution in [1.82, 2.24) is 15.6 Å². The van der Waals surface area contributed by atoms with Gasteiger partial charge >= 0.3 is 0 Å². The molecule has 162 valence electrons. The zero-order chi connectivity index (χ0) is 20.0. The molecule has 2 N–H and O–H groups in total. The third kappa shape index (κ3) is 10.5. The molecule has 9 heteroatoms. The average molecular weight is 551 g/mol. The SMILES string of the molecule is CCOCCOc1cc(C)ccc1CNC(=NC)NCCCSc1nccs1.I. The second-order valence-electron chi connectivity index (χ2n) is 6.01. The van der Waals surface area contributed by atoms with Crippen LogP contribution < -0.4 is 15.4 Å². The first kappa shape index (κ1) is 26.0. The van der Waals surface area contributed by atoms with Crippen molar-refractivity contribution in [3.05, 3.63) is 40.9 Å². The van der Waals surface area contributed by atoms with Crippen molar-refractivity contribution in [1.29, 1.82) is 0 Å². The topological polar surface area (TPSA) is 67.8 Å². The molecule has 0 fully saturated rings. The number of hydrogen-bond donors (Lipinski definition) is 2. The number of nitrogens with zero attached hydrogens (tertiary/aromatic N) is 2. The Morgan fingerprint density at radius 1 is 1.28 bits per heavy atom. The van der Waals surface area contributed by atoms with Gasteiger partial charge in [-0.2, -0.15) is 0 Å². The Morgan fingerprint density at radius 2 is 2.14 bits per heavy atom. The molecule has 0 unspecified atom stereocenters. The molecule has 0 aliphatic heterocycles. The number of ether oxygens (including phenoxy) is 2. The molecule has 0 aliphatic rings. The zero-order valence-electron chi connectivity index (χ0n) is 17.3. The molecule has 1 aromatic heterocycles. The van der Waals surface area contributed by atoms with Gasteiger partial charge in [-0.05, 0) is 31.9 Å². The monoisotopic (exact) mass is 550 g/mol. The van der Waals surface area contributed by atoms with Gasteiger partial charge < -0.3 is 20.1 Å². The summed E-state index contributed by atoms with van der Waals surface area (Å²) in [5, 5.41) is 8.73. The molecule has 0 atom stereocenters. The van der Waals surface area contributed by atoms with Crippen LogP contribution in [0.25, 0.3) is 0 Å². The molecular weight excluding hydrogens is 519 g/mol. The van der Waals surface area contributed by atoms with Crippen LogP contribution in [0.4, 0.5) is 0 Å². The van der Waals surface area contributed by atoms with E-state index in [9.17, 15) is 0 Å². The van der Waals surface area contributed by atoms with E-state index in [-0.39, 0.29) is 24.0 Å². The van der Waals surface area contributed by atoms with Gasteiger partial charge in [0.2, 0.25) is 0 Å². The highest BCUT2D eigenvalue weighted by Gasteiger charge is 2.06. The summed E-state index contributed by atoms with van der Waals surface area (Å²) in [6.45, 7) is 7.42. The molecule has 0 bridgehead atoms. The van der Waals surface area contributed by atoms with Crippen LogP contribution in [0.5, 0.6) is 5.75 Å². The molecule has 0 saturated carbocycles. The van der Waals surface area contributed by atoms with Crippen LogP contribution >= 0.6 is 47.1 Å². The lowest BCUT2D eigenvalue weighted by Gasteiger charge is -2.15. The summed E-state index contributed by atoms with van der Waals surface area (Å²) < 4.78 is 12.4. The summed E-state index contributed by atoms with van der Waals surface area (Å²) in [5.41, 5.74) is 2.28. The second-order valence-corrected chi connectivity index (χ2v) is 8.25. The van der Waals surface area contributed by atoms with Gasteiger partial charge in [-0.3, -0.25) is 4.99 Å². The zero-order valence-corrected chi connectivity index (χ0v) is 21.2. The van der Waals surface area contributed by atoms with Gasteiger partial charge in [-0.15, -0.1) is 35.3 Å². The summed E-state index contributed by atoms with van der Waals surface area (Å²) in [6, 6.07) is 6.25. The number of nitrogens with one attached hydrogen (secondary N) is 2. The number of thiazole rings is 1. The molecule has 0 spiro atoms. The van der Waals surface area contributed by atoms with E-state index in [0.29, 0.717) is 26.4 Å². The summed E-state index contributed by atoms with van der Waals surface area (Å²) in [4.78, 5) is 8.58. The van der Waals surface area contributed by atoms with Gasteiger partial charge in [-0.1, -0.05) is 23.9 Å². The number of thioether (sulfide) groups is 1. The molecule has 1 heterocycles. The van der Waals surface area contributed by atoms with Crippen molar-refractivity contribution in [3.63, 3.8) is 0 Å². The highest BCUT2D eigenvalue weighted by Crippen LogP contribution is 2.21. The van der Waals surface area contributed by atoms with E-state index in [2.05, 4.69) is 45.7 Å². The van der Waals surface area contributed by atoms with E-state index < -0.39 is 0 Å². The number of aryl methyl sites for hydroxylation is 1. The largest absolute Gasteiger partial charge is 0.491 e. The average Bonchev–Trinajstić information content (AvgIpc) is 3.22. The fourth-order valence-corrected chi connectivity index (χ4v) is 4.06. The minimum atomic E-state index is 0. The molecule has 0 radical (unpaired) electrons. The molecule has 0 aliphatic carbocycles. The van der Waals surface area contributed by atoms with Gasteiger partial charge in [0.05, 0.1) is 6.61 Å². The quantitative estimate of drug-likeness (QED) is 0.135. The molecule has 29 heavy (non-hydrogen) atoms. The molecule has 0 saturated heterocycles. The Labute approximate surface area is 199 Å². The van der Waals surface area contributed by atoms with E-state index in [1.807, 2.05) is 18.5 Å². The van der Waals surface area contributed by atoms with Crippen LogP contribution in [-0.4, -0.2) is 50.1 Å². The lowest BCUT2D eigenvalue weighted by molar-refractivity contribution is 0.110. The highest BCUT2D eigenvalue weighted by molar-refractivity contribution is 14.0. The molecule has 1 aromatic carbocycles. The normalized spacial score (nSPS) is 11.1. The fourth-order valence-electron chi connectivity index (χ4n) is 2.42. The number of guanidine groups is 1. The van der Waals surface area contributed by atoms with Crippen LogP contribution in [0.2, 0.25) is 0 Å². The predicted molar refractivity (Wildman–Crippen MR) is 134 cm³/mol. The standard InChI is InChI=1S/C20H30N4O2S2.HI/c1-4-25-10-11-26-18-14-16(2)6-7-17(18)15-24-19(21-3)22-8-5-12-27-20-23-9-13-28-20;/h6-7,9,13-14H,4-5,8,10-12,15H2,1-3H3,(H2,21,22,24);1H. The lowest BCUT2D eigenvalue weighted by Crippen LogP contribution is -2.37. The summed E-state index contributed by atoms with van der Waals surface area (Å²) in [6.07, 6.45) is 2.89. The number of rotatable bonds is 12. The molecular formula is C20H31IN4O2S2. The van der Waals surface area contributed by atoms with Gasteiger partial charge in [0.25, 0.3) is 0 Å². The summed E-state index contributed by atoms with van der Waals surface area (Å²) in [7, 11) is 1.79. The van der Waals surface area contributed by atoms with Gasteiger partial charge in [0.15, 0.2) is 5.96 Å². The van der Waals surface area contributed by atoms with Crippen LogP contribution in [0, 0.1) is 6.92 Å². The Morgan fingerprint density at radius 3 is 2.86 bits per heavy atom. The Kier molecular flexibility index (Phi) is 14.1. The predicted octanol–water partition coefficient (Wildman–Crippen LogP) is 4.33. The first-order valence-electron chi connectivity index (χ1n) is 9.49. The van der Waals surface area contributed by atoms with Crippen molar-refractivity contribution < 1.29 is 9.47 Å². The van der Waals surface area contributed by atoms with Crippen LogP contribution in [0.1, 0.15) is 24.5 Å². The van der Waals surface area contributed by atoms with Crippen LogP contribution in [0.3, 0.4) is 0 Å². The van der Waals surface area contributed by atoms with Crippen molar-refractivity contribution in [2.45, 2.75) is 31.2 Å². The molecule has 2 rings (SSSR count). The lowest BCUT2D eigenvalue weighted by atomic mass is 10.1. The van der Waals surface area contributed by atoms with E-state index in [1.165, 1.54) is 5.56 Å². The van der Waals surface area contributed by atoms with Gasteiger partial charge in [0, 0.05) is 49.6 Å². The summed E-state index contributed by atoms with van der Waals surface area (Å²) in [5.74, 6) is 2.72. The highest BCUT2D eigenvalue weighted by atomic mass is 127. The Hall–Kier alpha value is -1.04. The van der Waals surface area contributed by atoms with Crippen molar-refractivity contribution >= 4 is 53.0 Å². The smallest absolute Gasteiger partial charge is 0.191 e. The molecule has 6 nitrogen and oxygen atoms in total. The van der Waals surface area contributed by atoms with E-state index in [1.54, 1.807) is 30.1 Å². The molecule has 2 aromatic rings. The number of benzene rings is 1. The van der Waals surface area contributed by atoms with Crippen LogP contribution in [0.15, 0.2) is 39.1 Å². The van der Waals surface area contributed by atoms with E-state index in [0.717, 1.165) is 40.3 Å². The van der Waals surface area contributed by atoms with Gasteiger partial charge in [-0.25, -0.2) is 4.98 Å². The molecule has 0 amide bonds. The first-order chi connectivity index (χ1) is 13.7. The maximum Gasteiger partial charge on any atom is 0.191 e. The number of halogens is 1. The number of aromatic nitrogens is 1. The van der Waals surface area contributed by atoms with Crippen molar-refractivity contribution in [2.75, 3.05) is 39.2 Å². The minimum absolute atomic E-state index is 0. The second kappa shape index (κ2) is 15.8. The number of aliphatic imine (C=N–C) groups is 1. The van der Waals surface area contributed by atoms with E-state index in [4.69, 9.17) is 9.47 Å². The van der Waals surface area contributed by atoms with E-state index >= 15 is 0 Å². The minimum Gasteiger partial charge on any atom is -0.491 e. The third-order valence-electron chi connectivity index (χ3n) is 3.83. The van der Waals surface area contributed by atoms with Gasteiger partial charge in [0.1, 0.15) is 16.7 Å². The fraction of sp³-hybridized carbons (Fsp3) is 0.500. The first-order valence-corrected chi connectivity index (χ1v) is 11.4. The summed E-state index contributed by atoms with van der Waals surface area (Å²) >= 11 is 3.47.